The molecule has 0 aliphatic rings. The summed E-state index contributed by atoms with van der Waals surface area (Å²) in [5, 5.41) is 8.87. The van der Waals surface area contributed by atoms with E-state index in [1.807, 2.05) is 14.0 Å². The highest BCUT2D eigenvalue weighted by Gasteiger charge is 2.17. The lowest BCUT2D eigenvalue weighted by molar-refractivity contribution is 0.643. The Kier molecular flexibility index (Phi) is 3.76. The van der Waals surface area contributed by atoms with E-state index >= 15 is 0 Å². The molecule has 0 radical (unpaired) electrons. The normalized spacial score (nSPS) is 12.9. The number of halogens is 1. The molecule has 2 aromatic rings. The molecule has 0 bridgehead atoms. The second-order valence-electron chi connectivity index (χ2n) is 3.82. The minimum Gasteiger partial charge on any atom is -0.323 e. The Bertz CT molecular complexity index is 493. The summed E-state index contributed by atoms with van der Waals surface area (Å²) in [5.74, 6) is 0. The lowest BCUT2D eigenvalue weighted by Gasteiger charge is -2.08. The van der Waals surface area contributed by atoms with Crippen LogP contribution in [0.25, 0.3) is 0 Å². The van der Waals surface area contributed by atoms with Crippen molar-refractivity contribution >= 4 is 23.1 Å². The molecule has 2 aromatic heterocycles. The van der Waals surface area contributed by atoms with Crippen molar-refractivity contribution in [1.82, 2.24) is 19.4 Å². The zero-order valence-electron chi connectivity index (χ0n) is 9.72. The van der Waals surface area contributed by atoms with Gasteiger partial charge in [0.1, 0.15) is 0 Å². The molecule has 2 rings (SSSR count). The molecular formula is C10H14ClN5S. The summed E-state index contributed by atoms with van der Waals surface area (Å²) < 4.78 is 5.61. The van der Waals surface area contributed by atoms with Crippen LogP contribution in [-0.2, 0) is 19.9 Å². The third-order valence-corrected chi connectivity index (χ3v) is 3.89. The van der Waals surface area contributed by atoms with E-state index in [1.54, 1.807) is 10.9 Å². The number of hydrogen-bond acceptors (Lipinski definition) is 5. The van der Waals surface area contributed by atoms with Gasteiger partial charge in [-0.15, -0.1) is 5.10 Å². The van der Waals surface area contributed by atoms with Crippen molar-refractivity contribution in [2.75, 3.05) is 0 Å². The Balaban J connectivity index is 2.21. The Labute approximate surface area is 109 Å². The molecule has 0 aromatic carbocycles. The summed E-state index contributed by atoms with van der Waals surface area (Å²) in [6.07, 6.45) is 3.16. The van der Waals surface area contributed by atoms with Gasteiger partial charge in [0.25, 0.3) is 0 Å². The predicted molar refractivity (Wildman–Crippen MR) is 68.1 cm³/mol. The lowest BCUT2D eigenvalue weighted by atomic mass is 10.1. The third-order valence-electron chi connectivity index (χ3n) is 2.66. The fourth-order valence-electron chi connectivity index (χ4n) is 1.69. The maximum Gasteiger partial charge on any atom is 0.0850 e. The lowest BCUT2D eigenvalue weighted by Crippen LogP contribution is -2.14. The van der Waals surface area contributed by atoms with E-state index in [-0.39, 0.29) is 6.04 Å². The molecule has 92 valence electrons. The zero-order chi connectivity index (χ0) is 12.4. The van der Waals surface area contributed by atoms with Gasteiger partial charge in [-0.3, -0.25) is 4.68 Å². The minimum atomic E-state index is -0.132. The molecule has 5 nitrogen and oxygen atoms in total. The first-order valence-corrected chi connectivity index (χ1v) is 6.51. The second kappa shape index (κ2) is 5.12. The van der Waals surface area contributed by atoms with Gasteiger partial charge in [0.05, 0.1) is 27.5 Å². The fraction of sp³-hybridized carbons (Fsp3) is 0.500. The molecule has 0 spiro atoms. The summed E-state index contributed by atoms with van der Waals surface area (Å²) in [6.45, 7) is 2.03. The Morgan fingerprint density at radius 3 is 2.88 bits per heavy atom. The van der Waals surface area contributed by atoms with Gasteiger partial charge in [0, 0.05) is 19.5 Å². The van der Waals surface area contributed by atoms with Gasteiger partial charge in [-0.1, -0.05) is 23.0 Å². The quantitative estimate of drug-likeness (QED) is 0.919. The van der Waals surface area contributed by atoms with E-state index in [9.17, 15) is 0 Å². The monoisotopic (exact) mass is 271 g/mol. The van der Waals surface area contributed by atoms with Crippen molar-refractivity contribution in [3.8, 4) is 0 Å². The summed E-state index contributed by atoms with van der Waals surface area (Å²) in [6, 6.07) is -0.132. The van der Waals surface area contributed by atoms with Gasteiger partial charge in [-0.25, -0.2) is 0 Å². The van der Waals surface area contributed by atoms with Crippen LogP contribution in [0.3, 0.4) is 0 Å². The van der Waals surface area contributed by atoms with E-state index in [4.69, 9.17) is 17.3 Å². The molecule has 2 heterocycles. The highest BCUT2D eigenvalue weighted by atomic mass is 35.5. The smallest absolute Gasteiger partial charge is 0.0850 e. The number of rotatable bonds is 4. The summed E-state index contributed by atoms with van der Waals surface area (Å²) >= 11 is 7.58. The van der Waals surface area contributed by atoms with E-state index in [2.05, 4.69) is 14.7 Å². The van der Waals surface area contributed by atoms with Crippen LogP contribution in [0.2, 0.25) is 5.02 Å². The van der Waals surface area contributed by atoms with Crippen LogP contribution < -0.4 is 5.73 Å². The summed E-state index contributed by atoms with van der Waals surface area (Å²) in [7, 11) is 1.89. The molecule has 0 amide bonds. The number of aryl methyl sites for hydroxylation is 2. The Hall–Kier alpha value is -0.980. The van der Waals surface area contributed by atoms with Crippen LogP contribution in [0.1, 0.15) is 29.2 Å². The third kappa shape index (κ3) is 2.48. The molecule has 1 atom stereocenters. The van der Waals surface area contributed by atoms with E-state index in [0.29, 0.717) is 6.42 Å². The number of nitrogens with two attached hydrogens (primary N) is 1. The number of nitrogens with zero attached hydrogens (tertiary/aromatic N) is 4. The highest BCUT2D eigenvalue weighted by molar-refractivity contribution is 7.05. The molecule has 0 fully saturated rings. The van der Waals surface area contributed by atoms with Crippen molar-refractivity contribution in [1.29, 1.82) is 0 Å². The molecule has 0 aliphatic carbocycles. The Morgan fingerprint density at radius 2 is 2.35 bits per heavy atom. The molecular weight excluding hydrogens is 258 g/mol. The summed E-state index contributed by atoms with van der Waals surface area (Å²) in [5.41, 5.74) is 7.97. The van der Waals surface area contributed by atoms with E-state index in [0.717, 1.165) is 27.7 Å². The van der Waals surface area contributed by atoms with Crippen LogP contribution in [0, 0.1) is 0 Å². The van der Waals surface area contributed by atoms with Crippen LogP contribution >= 0.6 is 23.1 Å². The first-order chi connectivity index (χ1) is 8.13. The number of hydrogen-bond donors (Lipinski definition) is 1. The molecule has 0 saturated carbocycles. The van der Waals surface area contributed by atoms with Gasteiger partial charge in [-0.05, 0) is 18.0 Å². The van der Waals surface area contributed by atoms with Crippen LogP contribution in [0.4, 0.5) is 0 Å². The zero-order valence-corrected chi connectivity index (χ0v) is 11.3. The highest BCUT2D eigenvalue weighted by Crippen LogP contribution is 2.25. The van der Waals surface area contributed by atoms with Crippen LogP contribution in [0.15, 0.2) is 6.20 Å². The van der Waals surface area contributed by atoms with Crippen molar-refractivity contribution in [2.45, 2.75) is 25.8 Å². The SMILES string of the molecule is CCc1nn(C)c(CC(N)c2cnns2)c1Cl. The van der Waals surface area contributed by atoms with Gasteiger partial charge >= 0.3 is 0 Å². The predicted octanol–water partition coefficient (Wildman–Crippen LogP) is 1.73. The first-order valence-electron chi connectivity index (χ1n) is 5.36. The van der Waals surface area contributed by atoms with Crippen LogP contribution in [0.5, 0.6) is 0 Å². The van der Waals surface area contributed by atoms with Gasteiger partial charge in [0.15, 0.2) is 0 Å². The maximum absolute atomic E-state index is 6.27. The van der Waals surface area contributed by atoms with Crippen molar-refractivity contribution in [3.63, 3.8) is 0 Å². The molecule has 17 heavy (non-hydrogen) atoms. The first kappa shape index (κ1) is 12.5. The van der Waals surface area contributed by atoms with Crippen LogP contribution in [-0.4, -0.2) is 19.4 Å². The van der Waals surface area contributed by atoms with Crippen molar-refractivity contribution in [2.24, 2.45) is 12.8 Å². The van der Waals surface area contributed by atoms with Gasteiger partial charge in [-0.2, -0.15) is 5.10 Å². The molecule has 0 aliphatic heterocycles. The molecule has 2 N–H and O–H groups in total. The topological polar surface area (TPSA) is 69.6 Å². The Morgan fingerprint density at radius 1 is 1.59 bits per heavy atom. The second-order valence-corrected chi connectivity index (χ2v) is 5.01. The molecule has 1 unspecified atom stereocenters. The van der Waals surface area contributed by atoms with Gasteiger partial charge in [0.2, 0.25) is 0 Å². The standard InChI is InChI=1S/C10H14ClN5S/c1-3-7-10(11)8(16(2)14-7)4-6(12)9-5-13-15-17-9/h5-6H,3-4,12H2,1-2H3. The minimum absolute atomic E-state index is 0.132. The van der Waals surface area contributed by atoms with Gasteiger partial charge < -0.3 is 5.73 Å². The average molecular weight is 272 g/mol. The number of aromatic nitrogens is 4. The van der Waals surface area contributed by atoms with E-state index in [1.165, 1.54) is 11.5 Å². The maximum atomic E-state index is 6.27. The fourth-order valence-corrected chi connectivity index (χ4v) is 2.56. The molecule has 0 saturated heterocycles. The largest absolute Gasteiger partial charge is 0.323 e. The van der Waals surface area contributed by atoms with Crippen molar-refractivity contribution < 1.29 is 0 Å². The average Bonchev–Trinajstić information content (AvgIpc) is 2.92. The molecule has 7 heteroatoms. The van der Waals surface area contributed by atoms with E-state index < -0.39 is 0 Å². The summed E-state index contributed by atoms with van der Waals surface area (Å²) in [4.78, 5) is 0.959. The van der Waals surface area contributed by atoms with Crippen molar-refractivity contribution in [3.05, 3.63) is 27.5 Å².